The van der Waals surface area contributed by atoms with Crippen molar-refractivity contribution in [2.45, 2.75) is 6.92 Å². The van der Waals surface area contributed by atoms with Gasteiger partial charge in [0.15, 0.2) is 0 Å². The molecule has 0 bridgehead atoms. The summed E-state index contributed by atoms with van der Waals surface area (Å²) in [6.07, 6.45) is 0. The topological polar surface area (TPSA) is 26.3 Å². The maximum Gasteiger partial charge on any atom is 0.337 e. The van der Waals surface area contributed by atoms with Gasteiger partial charge in [0, 0.05) is 5.02 Å². The Morgan fingerprint density at radius 2 is 1.89 bits per heavy atom. The lowest BCUT2D eigenvalue weighted by molar-refractivity contribution is 0.0600. The van der Waals surface area contributed by atoms with E-state index < -0.39 is 11.8 Å². The summed E-state index contributed by atoms with van der Waals surface area (Å²) in [7, 11) is 1.26. The van der Waals surface area contributed by atoms with Gasteiger partial charge in [-0.2, -0.15) is 0 Å². The third kappa shape index (κ3) is 2.93. The number of carbonyl (C=O) groups is 1. The second-order valence-electron chi connectivity index (χ2n) is 4.18. The van der Waals surface area contributed by atoms with E-state index in [4.69, 9.17) is 11.6 Å². The van der Waals surface area contributed by atoms with Crippen LogP contribution in [0, 0.1) is 12.7 Å². The molecule has 0 aliphatic rings. The summed E-state index contributed by atoms with van der Waals surface area (Å²) < 4.78 is 18.1. The van der Waals surface area contributed by atoms with Crippen molar-refractivity contribution in [3.63, 3.8) is 0 Å². The maximum atomic E-state index is 13.5. The summed E-state index contributed by atoms with van der Waals surface area (Å²) in [5, 5.41) is 0.598. The van der Waals surface area contributed by atoms with Gasteiger partial charge >= 0.3 is 5.97 Å². The lowest BCUT2D eigenvalue weighted by Gasteiger charge is -2.07. The highest BCUT2D eigenvalue weighted by molar-refractivity contribution is 6.31. The Morgan fingerprint density at radius 1 is 1.16 bits per heavy atom. The van der Waals surface area contributed by atoms with Crippen LogP contribution >= 0.6 is 11.6 Å². The molecular formula is C15H12ClFO2. The van der Waals surface area contributed by atoms with Gasteiger partial charge in [-0.1, -0.05) is 23.7 Å². The quantitative estimate of drug-likeness (QED) is 0.768. The number of ether oxygens (including phenoxy) is 1. The maximum absolute atomic E-state index is 13.5. The molecule has 0 unspecified atom stereocenters. The van der Waals surface area contributed by atoms with Crippen molar-refractivity contribution in [1.82, 2.24) is 0 Å². The molecule has 19 heavy (non-hydrogen) atoms. The van der Waals surface area contributed by atoms with Crippen LogP contribution in [0.2, 0.25) is 5.02 Å². The average Bonchev–Trinajstić information content (AvgIpc) is 2.40. The summed E-state index contributed by atoms with van der Waals surface area (Å²) in [5.74, 6) is -1.06. The van der Waals surface area contributed by atoms with Crippen molar-refractivity contribution in [3.8, 4) is 11.1 Å². The predicted octanol–water partition coefficient (Wildman–Crippen LogP) is 4.24. The number of halogens is 2. The Labute approximate surface area is 115 Å². The molecule has 4 heteroatoms. The van der Waals surface area contributed by atoms with Gasteiger partial charge in [0.05, 0.1) is 12.7 Å². The van der Waals surface area contributed by atoms with Gasteiger partial charge in [-0.3, -0.25) is 0 Å². The number of rotatable bonds is 2. The molecule has 0 fully saturated rings. The predicted molar refractivity (Wildman–Crippen MR) is 72.9 cm³/mol. The average molecular weight is 279 g/mol. The van der Waals surface area contributed by atoms with Crippen LogP contribution in [-0.2, 0) is 4.74 Å². The molecule has 98 valence electrons. The first-order valence-corrected chi connectivity index (χ1v) is 6.04. The Hall–Kier alpha value is -1.87. The molecule has 0 saturated carbocycles. The van der Waals surface area contributed by atoms with Crippen molar-refractivity contribution in [2.75, 3.05) is 7.11 Å². The molecule has 0 aliphatic heterocycles. The Balaban J connectivity index is 2.52. The number of hydrogen-bond donors (Lipinski definition) is 0. The number of carbonyl (C=O) groups excluding carboxylic acids is 1. The van der Waals surface area contributed by atoms with Crippen LogP contribution in [0.25, 0.3) is 11.1 Å². The zero-order valence-corrected chi connectivity index (χ0v) is 11.3. The smallest absolute Gasteiger partial charge is 0.337 e. The summed E-state index contributed by atoms with van der Waals surface area (Å²) in [5.41, 5.74) is 2.45. The molecule has 0 saturated heterocycles. The Morgan fingerprint density at radius 3 is 2.53 bits per heavy atom. The molecule has 0 atom stereocenters. The lowest BCUT2D eigenvalue weighted by Crippen LogP contribution is -2.02. The highest BCUT2D eigenvalue weighted by Crippen LogP contribution is 2.27. The minimum atomic E-state index is -0.570. The van der Waals surface area contributed by atoms with Gasteiger partial charge in [-0.25, -0.2) is 9.18 Å². The van der Waals surface area contributed by atoms with Crippen molar-refractivity contribution >= 4 is 17.6 Å². The van der Waals surface area contributed by atoms with E-state index in [9.17, 15) is 9.18 Å². The first kappa shape index (κ1) is 13.6. The Bertz CT molecular complexity index is 638. The van der Waals surface area contributed by atoms with Crippen molar-refractivity contribution < 1.29 is 13.9 Å². The van der Waals surface area contributed by atoms with E-state index in [0.29, 0.717) is 10.6 Å². The van der Waals surface area contributed by atoms with E-state index in [1.54, 1.807) is 12.1 Å². The van der Waals surface area contributed by atoms with Crippen LogP contribution in [0.4, 0.5) is 4.39 Å². The minimum absolute atomic E-state index is 0.175. The second kappa shape index (κ2) is 5.41. The zero-order valence-electron chi connectivity index (χ0n) is 10.5. The van der Waals surface area contributed by atoms with E-state index >= 15 is 0 Å². The second-order valence-corrected chi connectivity index (χ2v) is 4.59. The van der Waals surface area contributed by atoms with Crippen LogP contribution in [0.15, 0.2) is 36.4 Å². The molecule has 0 spiro atoms. The van der Waals surface area contributed by atoms with Gasteiger partial charge in [-0.15, -0.1) is 0 Å². The number of hydrogen-bond acceptors (Lipinski definition) is 2. The van der Waals surface area contributed by atoms with Crippen LogP contribution in [-0.4, -0.2) is 13.1 Å². The van der Waals surface area contributed by atoms with Gasteiger partial charge in [0.1, 0.15) is 5.82 Å². The largest absolute Gasteiger partial charge is 0.465 e. The van der Waals surface area contributed by atoms with Crippen molar-refractivity contribution in [3.05, 3.63) is 58.4 Å². The van der Waals surface area contributed by atoms with Crippen LogP contribution < -0.4 is 0 Å². The van der Waals surface area contributed by atoms with Crippen molar-refractivity contribution in [1.29, 1.82) is 0 Å². The molecule has 0 amide bonds. The Kier molecular flexibility index (Phi) is 3.86. The van der Waals surface area contributed by atoms with Gasteiger partial charge < -0.3 is 4.74 Å². The van der Waals surface area contributed by atoms with E-state index in [0.717, 1.165) is 17.2 Å². The number of methoxy groups -OCH3 is 1. The van der Waals surface area contributed by atoms with E-state index in [2.05, 4.69) is 4.74 Å². The minimum Gasteiger partial charge on any atom is -0.465 e. The molecule has 0 N–H and O–H groups in total. The van der Waals surface area contributed by atoms with Crippen LogP contribution in [0.5, 0.6) is 0 Å². The highest BCUT2D eigenvalue weighted by atomic mass is 35.5. The molecule has 2 nitrogen and oxygen atoms in total. The third-order valence-corrected chi connectivity index (χ3v) is 3.23. The fourth-order valence-electron chi connectivity index (χ4n) is 1.76. The molecule has 0 aromatic heterocycles. The van der Waals surface area contributed by atoms with Gasteiger partial charge in [0.25, 0.3) is 0 Å². The summed E-state index contributed by atoms with van der Waals surface area (Å²) >= 11 is 6.05. The molecular weight excluding hydrogens is 267 g/mol. The fourth-order valence-corrected chi connectivity index (χ4v) is 1.94. The first-order valence-electron chi connectivity index (χ1n) is 5.66. The highest BCUT2D eigenvalue weighted by Gasteiger charge is 2.10. The third-order valence-electron chi connectivity index (χ3n) is 2.82. The van der Waals surface area contributed by atoms with Gasteiger partial charge in [-0.05, 0) is 47.9 Å². The van der Waals surface area contributed by atoms with E-state index in [1.165, 1.54) is 13.2 Å². The molecule has 2 aromatic carbocycles. The summed E-state index contributed by atoms with van der Waals surface area (Å²) in [6.45, 7) is 1.89. The van der Waals surface area contributed by atoms with Gasteiger partial charge in [0.2, 0.25) is 0 Å². The summed E-state index contributed by atoms with van der Waals surface area (Å²) in [6, 6.07) is 9.50. The molecule has 2 aromatic rings. The monoisotopic (exact) mass is 278 g/mol. The van der Waals surface area contributed by atoms with E-state index in [-0.39, 0.29) is 5.56 Å². The molecule has 2 rings (SSSR count). The standard InChI is InChI=1S/C15H12ClFO2/c1-9-3-4-10(8-14(9)16)11-5-12(15(18)19-2)7-13(17)6-11/h3-8H,1-2H3. The van der Waals surface area contributed by atoms with E-state index in [1.807, 2.05) is 19.1 Å². The fraction of sp³-hybridized carbons (Fsp3) is 0.133. The lowest BCUT2D eigenvalue weighted by atomic mass is 10.0. The summed E-state index contributed by atoms with van der Waals surface area (Å²) in [4.78, 5) is 11.5. The molecule has 0 aliphatic carbocycles. The number of aryl methyl sites for hydroxylation is 1. The molecule has 0 radical (unpaired) electrons. The number of esters is 1. The van der Waals surface area contributed by atoms with Crippen LogP contribution in [0.1, 0.15) is 15.9 Å². The normalized spacial score (nSPS) is 10.3. The molecule has 0 heterocycles. The van der Waals surface area contributed by atoms with Crippen LogP contribution in [0.3, 0.4) is 0 Å². The zero-order chi connectivity index (χ0) is 14.0. The SMILES string of the molecule is COC(=O)c1cc(F)cc(-c2ccc(C)c(Cl)c2)c1. The first-order chi connectivity index (χ1) is 9.01. The number of benzene rings is 2. The van der Waals surface area contributed by atoms with Crippen molar-refractivity contribution in [2.24, 2.45) is 0 Å².